The lowest BCUT2D eigenvalue weighted by molar-refractivity contribution is -0.136. The summed E-state index contributed by atoms with van der Waals surface area (Å²) in [6.45, 7) is 0. The second-order valence-electron chi connectivity index (χ2n) is 3.54. The van der Waals surface area contributed by atoms with Crippen LogP contribution < -0.4 is 5.73 Å². The third-order valence-electron chi connectivity index (χ3n) is 2.27. The summed E-state index contributed by atoms with van der Waals surface area (Å²) in [5.74, 6) is -0.784. The van der Waals surface area contributed by atoms with Gasteiger partial charge in [0.15, 0.2) is 0 Å². The normalized spacial score (nSPS) is 10.1. The molecule has 1 aromatic carbocycles. The van der Waals surface area contributed by atoms with E-state index in [0.29, 0.717) is 11.3 Å². The molecule has 0 spiro atoms. The molecule has 5 nitrogen and oxygen atoms in total. The molecule has 2 rings (SSSR count). The van der Waals surface area contributed by atoms with E-state index < -0.39 is 5.97 Å². The van der Waals surface area contributed by atoms with Crippen LogP contribution in [0.2, 0.25) is 0 Å². The van der Waals surface area contributed by atoms with Crippen molar-refractivity contribution in [2.45, 2.75) is 6.42 Å². The maximum Gasteiger partial charge on any atom is 0.307 e. The molecule has 0 aliphatic carbocycles. The Balaban J connectivity index is 2.51. The van der Waals surface area contributed by atoms with Crippen LogP contribution in [0.4, 0.5) is 5.95 Å². The lowest BCUT2D eigenvalue weighted by Crippen LogP contribution is -2.06. The molecule has 0 saturated carbocycles. The number of benzene rings is 1. The van der Waals surface area contributed by atoms with Crippen LogP contribution >= 0.6 is 0 Å². The molecule has 0 atom stereocenters. The van der Waals surface area contributed by atoms with Crippen LogP contribution in [-0.2, 0) is 11.2 Å². The van der Waals surface area contributed by atoms with E-state index in [4.69, 9.17) is 10.8 Å². The van der Waals surface area contributed by atoms with Crippen LogP contribution in [-0.4, -0.2) is 21.0 Å². The molecule has 3 N–H and O–H groups in total. The molecular formula is C12H11N3O2. The lowest BCUT2D eigenvalue weighted by atomic mass is 10.1. The molecule has 86 valence electrons. The fraction of sp³-hybridized carbons (Fsp3) is 0.0833. The van der Waals surface area contributed by atoms with Crippen LogP contribution in [0.15, 0.2) is 36.5 Å². The Morgan fingerprint density at radius 3 is 2.65 bits per heavy atom. The number of aromatic nitrogens is 2. The Hall–Kier alpha value is -2.43. The number of nitrogens with two attached hydrogens (primary N) is 1. The fourth-order valence-corrected chi connectivity index (χ4v) is 1.56. The number of hydrogen-bond acceptors (Lipinski definition) is 4. The van der Waals surface area contributed by atoms with Gasteiger partial charge in [0.05, 0.1) is 12.1 Å². The third kappa shape index (κ3) is 2.57. The van der Waals surface area contributed by atoms with Gasteiger partial charge in [-0.15, -0.1) is 0 Å². The van der Waals surface area contributed by atoms with Gasteiger partial charge in [-0.25, -0.2) is 9.97 Å². The van der Waals surface area contributed by atoms with Crippen molar-refractivity contribution >= 4 is 11.9 Å². The number of rotatable bonds is 3. The average molecular weight is 229 g/mol. The minimum atomic E-state index is -0.921. The quantitative estimate of drug-likeness (QED) is 0.829. The standard InChI is InChI=1S/C12H11N3O2/c13-12-14-7-9(6-10(16)17)11(15-12)8-4-2-1-3-5-8/h1-5,7H,6H2,(H,16,17)(H2,13,14,15). The van der Waals surface area contributed by atoms with E-state index in [1.807, 2.05) is 30.3 Å². The van der Waals surface area contributed by atoms with E-state index in [9.17, 15) is 4.79 Å². The summed E-state index contributed by atoms with van der Waals surface area (Å²) in [4.78, 5) is 18.7. The SMILES string of the molecule is Nc1ncc(CC(=O)O)c(-c2ccccc2)n1. The molecule has 0 radical (unpaired) electrons. The van der Waals surface area contributed by atoms with E-state index in [2.05, 4.69) is 9.97 Å². The van der Waals surface area contributed by atoms with Crippen LogP contribution in [0.5, 0.6) is 0 Å². The van der Waals surface area contributed by atoms with Crippen LogP contribution in [0.25, 0.3) is 11.3 Å². The highest BCUT2D eigenvalue weighted by Crippen LogP contribution is 2.21. The zero-order valence-electron chi connectivity index (χ0n) is 9.00. The fourth-order valence-electron chi connectivity index (χ4n) is 1.56. The van der Waals surface area contributed by atoms with Gasteiger partial charge in [-0.1, -0.05) is 30.3 Å². The molecule has 0 bridgehead atoms. The van der Waals surface area contributed by atoms with Crippen molar-refractivity contribution < 1.29 is 9.90 Å². The first-order valence-corrected chi connectivity index (χ1v) is 5.05. The van der Waals surface area contributed by atoms with Gasteiger partial charge in [0, 0.05) is 17.3 Å². The Bertz CT molecular complexity index is 541. The van der Waals surface area contributed by atoms with Crippen LogP contribution in [0.3, 0.4) is 0 Å². The van der Waals surface area contributed by atoms with E-state index in [1.165, 1.54) is 6.20 Å². The van der Waals surface area contributed by atoms with Gasteiger partial charge in [0.25, 0.3) is 0 Å². The summed E-state index contributed by atoms with van der Waals surface area (Å²) in [5, 5.41) is 8.82. The Morgan fingerprint density at radius 2 is 2.00 bits per heavy atom. The van der Waals surface area contributed by atoms with E-state index in [-0.39, 0.29) is 12.4 Å². The van der Waals surface area contributed by atoms with Gasteiger partial charge in [-0.2, -0.15) is 0 Å². The first-order valence-electron chi connectivity index (χ1n) is 5.05. The topological polar surface area (TPSA) is 89.1 Å². The summed E-state index contributed by atoms with van der Waals surface area (Å²) >= 11 is 0. The lowest BCUT2D eigenvalue weighted by Gasteiger charge is -2.07. The largest absolute Gasteiger partial charge is 0.481 e. The van der Waals surface area contributed by atoms with Gasteiger partial charge >= 0.3 is 5.97 Å². The summed E-state index contributed by atoms with van der Waals surface area (Å²) in [5.41, 5.74) is 7.48. The molecular weight excluding hydrogens is 218 g/mol. The van der Waals surface area contributed by atoms with Crippen molar-refractivity contribution in [2.24, 2.45) is 0 Å². The Labute approximate surface area is 98.0 Å². The van der Waals surface area contributed by atoms with E-state index in [1.54, 1.807) is 0 Å². The molecule has 0 fully saturated rings. The minimum Gasteiger partial charge on any atom is -0.481 e. The summed E-state index contributed by atoms with van der Waals surface area (Å²) in [6, 6.07) is 9.31. The smallest absolute Gasteiger partial charge is 0.307 e. The highest BCUT2D eigenvalue weighted by molar-refractivity contribution is 5.75. The van der Waals surface area contributed by atoms with Gasteiger partial charge < -0.3 is 10.8 Å². The Morgan fingerprint density at radius 1 is 1.29 bits per heavy atom. The number of nitrogen functional groups attached to an aromatic ring is 1. The van der Waals surface area contributed by atoms with Crippen LogP contribution in [0.1, 0.15) is 5.56 Å². The predicted octanol–water partition coefficient (Wildman–Crippen LogP) is 1.35. The van der Waals surface area contributed by atoms with Gasteiger partial charge in [0.2, 0.25) is 5.95 Å². The highest BCUT2D eigenvalue weighted by Gasteiger charge is 2.11. The predicted molar refractivity (Wildman–Crippen MR) is 63.2 cm³/mol. The Kier molecular flexibility index (Phi) is 3.00. The van der Waals surface area contributed by atoms with Crippen molar-refractivity contribution in [3.05, 3.63) is 42.1 Å². The molecule has 0 amide bonds. The van der Waals surface area contributed by atoms with Crippen LogP contribution in [0, 0.1) is 0 Å². The molecule has 0 unspecified atom stereocenters. The summed E-state index contributed by atoms with van der Waals surface area (Å²) in [6.07, 6.45) is 1.34. The van der Waals surface area contributed by atoms with Gasteiger partial charge in [0.1, 0.15) is 0 Å². The molecule has 0 saturated heterocycles. The first kappa shape index (κ1) is 11.1. The van der Waals surface area contributed by atoms with Crippen molar-refractivity contribution in [2.75, 3.05) is 5.73 Å². The maximum absolute atomic E-state index is 10.8. The number of hydrogen-bond donors (Lipinski definition) is 2. The molecule has 2 aromatic rings. The van der Waals surface area contributed by atoms with Gasteiger partial charge in [-0.05, 0) is 0 Å². The number of anilines is 1. The number of carbonyl (C=O) groups is 1. The monoisotopic (exact) mass is 229 g/mol. The number of nitrogens with zero attached hydrogens (tertiary/aromatic N) is 2. The molecule has 0 aliphatic rings. The summed E-state index contributed by atoms with van der Waals surface area (Å²) < 4.78 is 0. The highest BCUT2D eigenvalue weighted by atomic mass is 16.4. The van der Waals surface area contributed by atoms with E-state index in [0.717, 1.165) is 5.56 Å². The van der Waals surface area contributed by atoms with Crippen molar-refractivity contribution in [3.8, 4) is 11.3 Å². The average Bonchev–Trinajstić information content (AvgIpc) is 2.32. The second kappa shape index (κ2) is 4.61. The van der Waals surface area contributed by atoms with Crippen molar-refractivity contribution in [1.82, 2.24) is 9.97 Å². The molecule has 1 aromatic heterocycles. The molecule has 17 heavy (non-hydrogen) atoms. The zero-order chi connectivity index (χ0) is 12.3. The number of carboxylic acids is 1. The third-order valence-corrected chi connectivity index (χ3v) is 2.27. The van der Waals surface area contributed by atoms with E-state index >= 15 is 0 Å². The van der Waals surface area contributed by atoms with Gasteiger partial charge in [-0.3, -0.25) is 4.79 Å². The van der Waals surface area contributed by atoms with Crippen molar-refractivity contribution in [3.63, 3.8) is 0 Å². The van der Waals surface area contributed by atoms with Crippen molar-refractivity contribution in [1.29, 1.82) is 0 Å². The molecule has 5 heteroatoms. The second-order valence-corrected chi connectivity index (χ2v) is 3.54. The first-order chi connectivity index (χ1) is 8.16. The molecule has 1 heterocycles. The molecule has 0 aliphatic heterocycles. The number of aliphatic carboxylic acids is 1. The number of carboxylic acid groups (broad SMARTS) is 1. The summed E-state index contributed by atoms with van der Waals surface area (Å²) in [7, 11) is 0. The maximum atomic E-state index is 10.8. The minimum absolute atomic E-state index is 0.121. The zero-order valence-corrected chi connectivity index (χ0v) is 9.00.